The third kappa shape index (κ3) is 2.61. The van der Waals surface area contributed by atoms with Crippen LogP contribution < -0.4 is 5.32 Å². The molecular weight excluding hydrogens is 313 g/mol. The summed E-state index contributed by atoms with van der Waals surface area (Å²) in [6, 6.07) is 9.33. The molecule has 1 aromatic heterocycles. The normalized spacial score (nSPS) is 16.9. The molecule has 0 spiro atoms. The summed E-state index contributed by atoms with van der Waals surface area (Å²) >= 11 is 0.788. The van der Waals surface area contributed by atoms with E-state index in [2.05, 4.69) is 10.3 Å². The first-order chi connectivity index (χ1) is 10.4. The van der Waals surface area contributed by atoms with E-state index in [1.165, 1.54) is 0 Å². The summed E-state index contributed by atoms with van der Waals surface area (Å²) < 4.78 is 37.6. The van der Waals surface area contributed by atoms with Crippen LogP contribution in [0.5, 0.6) is 0 Å². The highest BCUT2D eigenvalue weighted by atomic mass is 32.1. The van der Waals surface area contributed by atoms with Crippen molar-refractivity contribution in [1.29, 1.82) is 0 Å². The molecule has 3 nitrogen and oxygen atoms in total. The number of anilines is 1. The van der Waals surface area contributed by atoms with E-state index in [1.807, 2.05) is 30.3 Å². The van der Waals surface area contributed by atoms with E-state index in [-0.39, 0.29) is 11.0 Å². The molecule has 116 valence electrons. The number of aromatic nitrogens is 1. The monoisotopic (exact) mass is 326 g/mol. The maximum Gasteiger partial charge on any atom is 0.434 e. The van der Waals surface area contributed by atoms with Crippen LogP contribution in [0.2, 0.25) is 0 Å². The van der Waals surface area contributed by atoms with Gasteiger partial charge in [-0.1, -0.05) is 36.8 Å². The maximum atomic E-state index is 12.6. The third-order valence-corrected chi connectivity index (χ3v) is 4.74. The van der Waals surface area contributed by atoms with Crippen molar-refractivity contribution in [3.8, 4) is 0 Å². The first kappa shape index (κ1) is 15.0. The lowest BCUT2D eigenvalue weighted by atomic mass is 9.64. The number of nitrogens with one attached hydrogen (secondary N) is 1. The topological polar surface area (TPSA) is 42.0 Å². The molecule has 1 fully saturated rings. The van der Waals surface area contributed by atoms with Crippen molar-refractivity contribution < 1.29 is 18.0 Å². The lowest BCUT2D eigenvalue weighted by molar-refractivity contribution is -0.140. The zero-order valence-electron chi connectivity index (χ0n) is 11.5. The smallest absolute Gasteiger partial charge is 0.301 e. The summed E-state index contributed by atoms with van der Waals surface area (Å²) in [4.78, 5) is 16.0. The number of carbonyl (C=O) groups excluding carboxylic acids is 1. The Balaban J connectivity index is 1.80. The van der Waals surface area contributed by atoms with Crippen molar-refractivity contribution in [3.05, 3.63) is 47.0 Å². The molecule has 0 aliphatic heterocycles. The van der Waals surface area contributed by atoms with Crippen LogP contribution in [-0.4, -0.2) is 10.9 Å². The van der Waals surface area contributed by atoms with Crippen LogP contribution in [0.4, 0.5) is 18.3 Å². The Labute approximate surface area is 129 Å². The van der Waals surface area contributed by atoms with Crippen molar-refractivity contribution in [3.63, 3.8) is 0 Å². The first-order valence-corrected chi connectivity index (χ1v) is 7.69. The Morgan fingerprint density at radius 1 is 1.23 bits per heavy atom. The van der Waals surface area contributed by atoms with Crippen molar-refractivity contribution in [2.45, 2.75) is 30.9 Å². The molecule has 1 N–H and O–H groups in total. The largest absolute Gasteiger partial charge is 0.434 e. The highest BCUT2D eigenvalue weighted by Gasteiger charge is 2.46. The fourth-order valence-corrected chi connectivity index (χ4v) is 3.32. The number of hydrogen-bond acceptors (Lipinski definition) is 3. The van der Waals surface area contributed by atoms with Gasteiger partial charge in [-0.3, -0.25) is 4.79 Å². The van der Waals surface area contributed by atoms with Gasteiger partial charge in [0.05, 0.1) is 5.41 Å². The number of alkyl halides is 3. The Hall–Kier alpha value is -1.89. The average molecular weight is 326 g/mol. The minimum atomic E-state index is -4.49. The van der Waals surface area contributed by atoms with Crippen LogP contribution in [0.25, 0.3) is 0 Å². The highest BCUT2D eigenvalue weighted by Crippen LogP contribution is 2.44. The minimum absolute atomic E-state index is 0.0143. The molecule has 1 aromatic carbocycles. The number of rotatable bonds is 3. The molecule has 0 radical (unpaired) electrons. The number of benzene rings is 1. The SMILES string of the molecule is O=C(Nc1nc(C(F)(F)F)cs1)C1(c2ccccc2)CCC1. The van der Waals surface area contributed by atoms with Gasteiger partial charge in [0.25, 0.3) is 0 Å². The van der Waals surface area contributed by atoms with E-state index < -0.39 is 17.3 Å². The molecule has 1 aliphatic carbocycles. The quantitative estimate of drug-likeness (QED) is 0.917. The van der Waals surface area contributed by atoms with Crippen LogP contribution in [0, 0.1) is 0 Å². The zero-order valence-corrected chi connectivity index (χ0v) is 12.3. The lowest BCUT2D eigenvalue weighted by Crippen LogP contribution is -2.45. The standard InChI is InChI=1S/C15H13F3N2OS/c16-15(17,18)11-9-22-13(19-11)20-12(21)14(7-4-8-14)10-5-2-1-3-6-10/h1-3,5-6,9H,4,7-8H2,(H,19,20,21). The predicted octanol–water partition coefficient (Wildman–Crippen LogP) is 4.22. The highest BCUT2D eigenvalue weighted by molar-refractivity contribution is 7.14. The van der Waals surface area contributed by atoms with E-state index in [0.717, 1.165) is 28.7 Å². The fourth-order valence-electron chi connectivity index (χ4n) is 2.61. The molecule has 1 amide bonds. The zero-order chi connectivity index (χ0) is 15.8. The van der Waals surface area contributed by atoms with E-state index in [0.29, 0.717) is 12.8 Å². The van der Waals surface area contributed by atoms with Crippen LogP contribution in [0.15, 0.2) is 35.7 Å². The average Bonchev–Trinajstić information content (AvgIpc) is 2.87. The lowest BCUT2D eigenvalue weighted by Gasteiger charge is -2.40. The molecule has 0 bridgehead atoms. The molecule has 1 heterocycles. The van der Waals surface area contributed by atoms with Crippen LogP contribution >= 0.6 is 11.3 Å². The molecule has 3 rings (SSSR count). The summed E-state index contributed by atoms with van der Waals surface area (Å²) in [5, 5.41) is 3.44. The molecule has 1 aliphatic rings. The van der Waals surface area contributed by atoms with Crippen LogP contribution in [0.3, 0.4) is 0 Å². The molecule has 0 atom stereocenters. The van der Waals surface area contributed by atoms with Crippen molar-refractivity contribution >= 4 is 22.4 Å². The van der Waals surface area contributed by atoms with Gasteiger partial charge >= 0.3 is 6.18 Å². The van der Waals surface area contributed by atoms with Gasteiger partial charge < -0.3 is 5.32 Å². The second-order valence-electron chi connectivity index (χ2n) is 5.29. The van der Waals surface area contributed by atoms with Crippen molar-refractivity contribution in [2.24, 2.45) is 0 Å². The summed E-state index contributed by atoms with van der Waals surface area (Å²) in [6.45, 7) is 0. The maximum absolute atomic E-state index is 12.6. The summed E-state index contributed by atoms with van der Waals surface area (Å²) in [7, 11) is 0. The van der Waals surface area contributed by atoms with Crippen LogP contribution in [0.1, 0.15) is 30.5 Å². The Bertz CT molecular complexity index is 678. The Morgan fingerprint density at radius 3 is 2.41 bits per heavy atom. The van der Waals surface area contributed by atoms with Crippen molar-refractivity contribution in [2.75, 3.05) is 5.32 Å². The third-order valence-electron chi connectivity index (χ3n) is 3.98. The number of halogens is 3. The van der Waals surface area contributed by atoms with Gasteiger partial charge in [0, 0.05) is 5.38 Å². The number of nitrogens with zero attached hydrogens (tertiary/aromatic N) is 1. The van der Waals surface area contributed by atoms with Crippen LogP contribution in [-0.2, 0) is 16.4 Å². The number of thiazole rings is 1. The molecule has 7 heteroatoms. The molecule has 1 saturated carbocycles. The Morgan fingerprint density at radius 2 is 1.91 bits per heavy atom. The summed E-state index contributed by atoms with van der Waals surface area (Å²) in [6.07, 6.45) is -2.18. The number of carbonyl (C=O) groups is 1. The van der Waals surface area contributed by atoms with Gasteiger partial charge in [0.15, 0.2) is 10.8 Å². The molecule has 0 saturated heterocycles. The molecule has 2 aromatic rings. The molecule has 0 unspecified atom stereocenters. The number of hydrogen-bond donors (Lipinski definition) is 1. The van der Waals surface area contributed by atoms with Gasteiger partial charge in [-0.2, -0.15) is 13.2 Å². The van der Waals surface area contributed by atoms with Gasteiger partial charge in [-0.05, 0) is 18.4 Å². The van der Waals surface area contributed by atoms with Gasteiger partial charge in [-0.15, -0.1) is 11.3 Å². The van der Waals surface area contributed by atoms with Gasteiger partial charge in [0.1, 0.15) is 0 Å². The number of amides is 1. The predicted molar refractivity (Wildman–Crippen MR) is 77.7 cm³/mol. The van der Waals surface area contributed by atoms with Gasteiger partial charge in [0.2, 0.25) is 5.91 Å². The fraction of sp³-hybridized carbons (Fsp3) is 0.333. The Kier molecular flexibility index (Phi) is 3.68. The summed E-state index contributed by atoms with van der Waals surface area (Å²) in [5.74, 6) is -0.284. The van der Waals surface area contributed by atoms with E-state index in [9.17, 15) is 18.0 Å². The molecular formula is C15H13F3N2OS. The second-order valence-corrected chi connectivity index (χ2v) is 6.15. The minimum Gasteiger partial charge on any atom is -0.301 e. The van der Waals surface area contributed by atoms with E-state index in [4.69, 9.17) is 0 Å². The van der Waals surface area contributed by atoms with Crippen molar-refractivity contribution in [1.82, 2.24) is 4.98 Å². The van der Waals surface area contributed by atoms with Gasteiger partial charge in [-0.25, -0.2) is 4.98 Å². The van der Waals surface area contributed by atoms with E-state index >= 15 is 0 Å². The summed E-state index contributed by atoms with van der Waals surface area (Å²) in [5.41, 5.74) is -0.729. The molecule has 22 heavy (non-hydrogen) atoms. The first-order valence-electron chi connectivity index (χ1n) is 6.81. The van der Waals surface area contributed by atoms with E-state index in [1.54, 1.807) is 0 Å². The second kappa shape index (κ2) is 5.39.